The van der Waals surface area contributed by atoms with E-state index in [9.17, 15) is 9.18 Å². The number of rotatable bonds is 8. The van der Waals surface area contributed by atoms with Crippen molar-refractivity contribution in [2.45, 2.75) is 90.4 Å². The molecule has 0 atom stereocenters. The van der Waals surface area contributed by atoms with Crippen molar-refractivity contribution in [2.24, 2.45) is 23.7 Å². The van der Waals surface area contributed by atoms with Crippen LogP contribution in [0.4, 0.5) is 4.39 Å². The summed E-state index contributed by atoms with van der Waals surface area (Å²) >= 11 is 0. The predicted molar refractivity (Wildman–Crippen MR) is 116 cm³/mol. The van der Waals surface area contributed by atoms with E-state index in [1.165, 1.54) is 69.9 Å². The Morgan fingerprint density at radius 1 is 1.00 bits per heavy atom. The molecule has 1 aromatic carbocycles. The first-order chi connectivity index (χ1) is 14.6. The van der Waals surface area contributed by atoms with Gasteiger partial charge in [0.2, 0.25) is 0 Å². The maximum absolute atomic E-state index is 13.7. The highest BCUT2D eigenvalue weighted by molar-refractivity contribution is 5.75. The third-order valence-corrected chi connectivity index (χ3v) is 7.37. The van der Waals surface area contributed by atoms with E-state index in [-0.39, 0.29) is 23.2 Å². The van der Waals surface area contributed by atoms with Crippen LogP contribution in [0.25, 0.3) is 0 Å². The molecule has 164 valence electrons. The average molecular weight is 414 g/mol. The lowest BCUT2D eigenvalue weighted by Gasteiger charge is -2.31. The Labute approximate surface area is 181 Å². The molecule has 3 nitrogen and oxygen atoms in total. The van der Waals surface area contributed by atoms with Gasteiger partial charge in [-0.25, -0.2) is 4.39 Å². The summed E-state index contributed by atoms with van der Waals surface area (Å²) in [5.74, 6) is 1.82. The molecule has 0 N–H and O–H groups in total. The smallest absolute Gasteiger partial charge is 0.314 e. The van der Waals surface area contributed by atoms with Crippen molar-refractivity contribution in [2.75, 3.05) is 0 Å². The average Bonchev–Trinajstić information content (AvgIpc) is 2.77. The number of carbonyl (C=O) groups is 1. The molecule has 2 saturated carbocycles. The first kappa shape index (κ1) is 22.8. The van der Waals surface area contributed by atoms with E-state index in [1.807, 2.05) is 0 Å². The maximum Gasteiger partial charge on any atom is 0.314 e. The Hall–Kier alpha value is -1.89. The molecule has 2 aliphatic rings. The predicted octanol–water partition coefficient (Wildman–Crippen LogP) is 7.19. The maximum atomic E-state index is 13.7. The van der Waals surface area contributed by atoms with E-state index >= 15 is 0 Å². The fourth-order valence-corrected chi connectivity index (χ4v) is 5.31. The first-order valence-corrected chi connectivity index (χ1v) is 12.0. The molecule has 2 aliphatic carbocycles. The fraction of sp³-hybridized carbons (Fsp3) is 0.692. The van der Waals surface area contributed by atoms with Crippen LogP contribution in [0.15, 0.2) is 18.2 Å². The van der Waals surface area contributed by atoms with Crippen LogP contribution in [0.3, 0.4) is 0 Å². The summed E-state index contributed by atoms with van der Waals surface area (Å²) in [6, 6.07) is 5.74. The van der Waals surface area contributed by atoms with Crippen molar-refractivity contribution < 1.29 is 13.9 Å². The van der Waals surface area contributed by atoms with Gasteiger partial charge in [-0.3, -0.25) is 4.79 Å². The molecule has 0 bridgehead atoms. The van der Waals surface area contributed by atoms with E-state index in [0.29, 0.717) is 0 Å². The molecule has 1 aromatic rings. The molecule has 0 heterocycles. The minimum Gasteiger partial charge on any atom is -0.426 e. The first-order valence-electron chi connectivity index (χ1n) is 12.0. The highest BCUT2D eigenvalue weighted by Crippen LogP contribution is 2.38. The van der Waals surface area contributed by atoms with Gasteiger partial charge in [0.1, 0.15) is 17.6 Å². The lowest BCUT2D eigenvalue weighted by molar-refractivity contribution is -0.140. The van der Waals surface area contributed by atoms with Gasteiger partial charge in [0, 0.05) is 6.07 Å². The van der Waals surface area contributed by atoms with E-state index in [2.05, 4.69) is 6.92 Å². The van der Waals surface area contributed by atoms with Crippen LogP contribution < -0.4 is 4.74 Å². The van der Waals surface area contributed by atoms with Crippen molar-refractivity contribution in [3.8, 4) is 11.8 Å². The quantitative estimate of drug-likeness (QED) is 0.335. The van der Waals surface area contributed by atoms with Crippen molar-refractivity contribution in [1.29, 1.82) is 5.26 Å². The van der Waals surface area contributed by atoms with Crippen LogP contribution in [0.1, 0.15) is 96.0 Å². The van der Waals surface area contributed by atoms with Crippen LogP contribution in [0.5, 0.6) is 5.75 Å². The van der Waals surface area contributed by atoms with Crippen LogP contribution in [0.2, 0.25) is 0 Å². The highest BCUT2D eigenvalue weighted by Gasteiger charge is 2.29. The van der Waals surface area contributed by atoms with Gasteiger partial charge in [-0.1, -0.05) is 64.7 Å². The molecular formula is C26H36FNO2. The molecule has 0 unspecified atom stereocenters. The summed E-state index contributed by atoms with van der Waals surface area (Å²) < 4.78 is 19.1. The zero-order chi connectivity index (χ0) is 21.3. The van der Waals surface area contributed by atoms with Gasteiger partial charge in [-0.15, -0.1) is 0 Å². The van der Waals surface area contributed by atoms with Crippen molar-refractivity contribution >= 4 is 5.97 Å². The van der Waals surface area contributed by atoms with Gasteiger partial charge in [-0.2, -0.15) is 5.26 Å². The summed E-state index contributed by atoms with van der Waals surface area (Å²) in [4.78, 5) is 12.4. The molecule has 2 fully saturated rings. The number of esters is 1. The van der Waals surface area contributed by atoms with E-state index in [1.54, 1.807) is 6.07 Å². The molecule has 0 amide bonds. The lowest BCUT2D eigenvalue weighted by Crippen LogP contribution is -2.26. The van der Waals surface area contributed by atoms with Crippen LogP contribution in [-0.2, 0) is 4.79 Å². The van der Waals surface area contributed by atoms with Crippen molar-refractivity contribution in [3.63, 3.8) is 0 Å². The number of ether oxygens (including phenoxy) is 1. The van der Waals surface area contributed by atoms with E-state index in [4.69, 9.17) is 10.00 Å². The molecule has 0 aliphatic heterocycles. The minimum absolute atomic E-state index is 0.0373. The molecule has 0 saturated heterocycles. The number of nitriles is 1. The third kappa shape index (κ3) is 6.56. The second-order valence-electron chi connectivity index (χ2n) is 9.50. The van der Waals surface area contributed by atoms with Crippen LogP contribution >= 0.6 is 0 Å². The Morgan fingerprint density at radius 3 is 2.10 bits per heavy atom. The van der Waals surface area contributed by atoms with Gasteiger partial charge in [0.15, 0.2) is 0 Å². The summed E-state index contributed by atoms with van der Waals surface area (Å²) in [5, 5.41) is 8.79. The topological polar surface area (TPSA) is 50.1 Å². The monoisotopic (exact) mass is 413 g/mol. The summed E-state index contributed by atoms with van der Waals surface area (Å²) in [7, 11) is 0. The van der Waals surface area contributed by atoms with E-state index < -0.39 is 5.82 Å². The van der Waals surface area contributed by atoms with Crippen LogP contribution in [0, 0.1) is 40.8 Å². The SMILES string of the molecule is CCCCC1CCC(CCC2CCC(C(=O)Oc3ccc(C#N)c(F)c3)CC2)CC1. The van der Waals surface area contributed by atoms with Crippen molar-refractivity contribution in [3.05, 3.63) is 29.6 Å². The molecule has 3 rings (SSSR count). The number of unbranched alkanes of at least 4 members (excludes halogenated alkanes) is 1. The fourth-order valence-electron chi connectivity index (χ4n) is 5.31. The van der Waals surface area contributed by atoms with Crippen LogP contribution in [-0.4, -0.2) is 5.97 Å². The molecule has 30 heavy (non-hydrogen) atoms. The van der Waals surface area contributed by atoms with Gasteiger partial charge in [-0.05, 0) is 55.6 Å². The third-order valence-electron chi connectivity index (χ3n) is 7.37. The van der Waals surface area contributed by atoms with E-state index in [0.717, 1.165) is 49.5 Å². The molecule has 0 radical (unpaired) electrons. The number of nitrogens with zero attached hydrogens (tertiary/aromatic N) is 1. The number of carbonyl (C=O) groups excluding carboxylic acids is 1. The second kappa shape index (κ2) is 11.5. The standard InChI is InChI=1S/C26H36FNO2/c1-2-3-4-19-5-7-20(8-6-19)9-10-21-11-13-22(14-12-21)26(29)30-24-16-15-23(18-28)25(27)17-24/h15-17,19-22H,2-14H2,1H3. The summed E-state index contributed by atoms with van der Waals surface area (Å²) in [5.41, 5.74) is -0.0373. The number of halogens is 1. The number of hydrogen-bond donors (Lipinski definition) is 0. The molecule has 0 spiro atoms. The summed E-state index contributed by atoms with van der Waals surface area (Å²) in [6.07, 6.45) is 16.4. The van der Waals surface area contributed by atoms with Gasteiger partial charge in [0.25, 0.3) is 0 Å². The largest absolute Gasteiger partial charge is 0.426 e. The second-order valence-corrected chi connectivity index (χ2v) is 9.50. The van der Waals surface area contributed by atoms with Gasteiger partial charge >= 0.3 is 5.97 Å². The molecule has 0 aromatic heterocycles. The Balaban J connectivity index is 1.34. The van der Waals surface area contributed by atoms with Crippen molar-refractivity contribution in [1.82, 2.24) is 0 Å². The Bertz CT molecular complexity index is 725. The molecule has 4 heteroatoms. The number of benzene rings is 1. The number of hydrogen-bond acceptors (Lipinski definition) is 3. The zero-order valence-electron chi connectivity index (χ0n) is 18.4. The molecular weight excluding hydrogens is 377 g/mol. The zero-order valence-corrected chi connectivity index (χ0v) is 18.4. The summed E-state index contributed by atoms with van der Waals surface area (Å²) in [6.45, 7) is 2.28. The van der Waals surface area contributed by atoms with Gasteiger partial charge < -0.3 is 4.74 Å². The Morgan fingerprint density at radius 2 is 1.57 bits per heavy atom. The highest BCUT2D eigenvalue weighted by atomic mass is 19.1. The minimum atomic E-state index is -0.647. The lowest BCUT2D eigenvalue weighted by atomic mass is 9.75. The Kier molecular flexibility index (Phi) is 8.73. The normalized spacial score (nSPS) is 26.7. The van der Waals surface area contributed by atoms with Gasteiger partial charge in [0.05, 0.1) is 11.5 Å².